The maximum absolute atomic E-state index is 9.57. The number of likely N-dealkylation sites (tertiary alicyclic amines) is 1. The molecule has 18 heavy (non-hydrogen) atoms. The van der Waals surface area contributed by atoms with Gasteiger partial charge in [-0.1, -0.05) is 6.92 Å². The molecule has 2 aliphatic heterocycles. The third-order valence-electron chi connectivity index (χ3n) is 4.27. The van der Waals surface area contributed by atoms with E-state index in [1.54, 1.807) is 0 Å². The second-order valence-electron chi connectivity index (χ2n) is 5.94. The van der Waals surface area contributed by atoms with Crippen LogP contribution in [0.15, 0.2) is 0 Å². The van der Waals surface area contributed by atoms with Crippen molar-refractivity contribution in [3.63, 3.8) is 0 Å². The monoisotopic (exact) mass is 256 g/mol. The number of nitrogens with one attached hydrogen (secondary N) is 1. The maximum Gasteiger partial charge on any atom is 0.0564 e. The summed E-state index contributed by atoms with van der Waals surface area (Å²) in [6.45, 7) is 9.25. The molecular formula is C14H28N2O2. The molecule has 0 aromatic heterocycles. The number of hydrogen-bond acceptors (Lipinski definition) is 4. The van der Waals surface area contributed by atoms with Crippen molar-refractivity contribution < 1.29 is 9.84 Å². The second-order valence-corrected chi connectivity index (χ2v) is 5.94. The van der Waals surface area contributed by atoms with Crippen molar-refractivity contribution in [2.45, 2.75) is 38.7 Å². The Bertz CT molecular complexity index is 234. The lowest BCUT2D eigenvalue weighted by Gasteiger charge is -2.42. The van der Waals surface area contributed by atoms with Crippen molar-refractivity contribution in [1.29, 1.82) is 0 Å². The van der Waals surface area contributed by atoms with Crippen molar-refractivity contribution in [1.82, 2.24) is 10.2 Å². The van der Waals surface area contributed by atoms with E-state index < -0.39 is 0 Å². The highest BCUT2D eigenvalue weighted by Crippen LogP contribution is 2.30. The van der Waals surface area contributed by atoms with Crippen LogP contribution in [0, 0.1) is 5.41 Å². The summed E-state index contributed by atoms with van der Waals surface area (Å²) in [5, 5.41) is 13.1. The first-order valence-electron chi connectivity index (χ1n) is 7.43. The molecule has 2 aliphatic rings. The predicted molar refractivity (Wildman–Crippen MR) is 72.7 cm³/mol. The zero-order valence-corrected chi connectivity index (χ0v) is 11.7. The summed E-state index contributed by atoms with van der Waals surface area (Å²) in [5.41, 5.74) is 0.288. The molecule has 0 radical (unpaired) electrons. The van der Waals surface area contributed by atoms with Gasteiger partial charge in [0, 0.05) is 38.2 Å². The highest BCUT2D eigenvalue weighted by molar-refractivity contribution is 4.88. The van der Waals surface area contributed by atoms with Gasteiger partial charge in [-0.2, -0.15) is 0 Å². The molecule has 1 atom stereocenters. The van der Waals surface area contributed by atoms with Gasteiger partial charge in [0.1, 0.15) is 0 Å². The topological polar surface area (TPSA) is 44.7 Å². The average Bonchev–Trinajstić information content (AvgIpc) is 2.40. The van der Waals surface area contributed by atoms with Crippen LogP contribution in [0.5, 0.6) is 0 Å². The summed E-state index contributed by atoms with van der Waals surface area (Å²) in [4.78, 5) is 2.51. The van der Waals surface area contributed by atoms with Crippen LogP contribution < -0.4 is 5.32 Å². The van der Waals surface area contributed by atoms with Gasteiger partial charge in [-0.25, -0.2) is 0 Å². The molecule has 106 valence electrons. The van der Waals surface area contributed by atoms with Crippen molar-refractivity contribution in [3.05, 3.63) is 0 Å². The smallest absolute Gasteiger partial charge is 0.0564 e. The Morgan fingerprint density at radius 1 is 1.39 bits per heavy atom. The van der Waals surface area contributed by atoms with Gasteiger partial charge in [0.2, 0.25) is 0 Å². The van der Waals surface area contributed by atoms with Crippen LogP contribution >= 0.6 is 0 Å². The molecule has 0 bridgehead atoms. The summed E-state index contributed by atoms with van der Waals surface area (Å²) in [6, 6.07) is 0. The fourth-order valence-corrected chi connectivity index (χ4v) is 3.17. The first-order valence-corrected chi connectivity index (χ1v) is 7.43. The third kappa shape index (κ3) is 3.92. The molecular weight excluding hydrogens is 228 g/mol. The van der Waals surface area contributed by atoms with Crippen molar-refractivity contribution in [2.75, 3.05) is 45.9 Å². The van der Waals surface area contributed by atoms with Gasteiger partial charge >= 0.3 is 0 Å². The van der Waals surface area contributed by atoms with Gasteiger partial charge < -0.3 is 20.1 Å². The predicted octanol–water partition coefficient (Wildman–Crippen LogP) is 0.849. The van der Waals surface area contributed by atoms with E-state index in [1.165, 1.54) is 12.8 Å². The number of aliphatic hydroxyl groups is 1. The second kappa shape index (κ2) is 6.85. The Balaban J connectivity index is 1.87. The van der Waals surface area contributed by atoms with Crippen LogP contribution in [0.3, 0.4) is 0 Å². The Kier molecular flexibility index (Phi) is 5.42. The van der Waals surface area contributed by atoms with E-state index in [0.29, 0.717) is 0 Å². The molecule has 2 heterocycles. The Morgan fingerprint density at radius 2 is 2.17 bits per heavy atom. The van der Waals surface area contributed by atoms with Gasteiger partial charge in [0.15, 0.2) is 0 Å². The molecule has 0 aromatic rings. The van der Waals surface area contributed by atoms with E-state index in [9.17, 15) is 5.11 Å². The SMILES string of the molecule is CCNCC1(CN2CCC(O)CC2)CCCOC1. The van der Waals surface area contributed by atoms with Gasteiger partial charge in [-0.05, 0) is 32.2 Å². The average molecular weight is 256 g/mol. The zero-order chi connectivity index (χ0) is 12.8. The van der Waals surface area contributed by atoms with E-state index in [1.807, 2.05) is 0 Å². The maximum atomic E-state index is 9.57. The molecule has 4 nitrogen and oxygen atoms in total. The summed E-state index contributed by atoms with van der Waals surface area (Å²) >= 11 is 0. The number of rotatable bonds is 5. The Hall–Kier alpha value is -0.160. The van der Waals surface area contributed by atoms with Gasteiger partial charge in [0.05, 0.1) is 12.7 Å². The standard InChI is InChI=1S/C14H28N2O2/c1-2-15-10-14(6-3-9-18-12-14)11-16-7-4-13(17)5-8-16/h13,15,17H,2-12H2,1H3. The molecule has 2 N–H and O–H groups in total. The summed E-state index contributed by atoms with van der Waals surface area (Å²) < 4.78 is 5.73. The zero-order valence-electron chi connectivity index (χ0n) is 11.7. The number of hydrogen-bond donors (Lipinski definition) is 2. The van der Waals surface area contributed by atoms with Crippen LogP contribution in [0.25, 0.3) is 0 Å². The molecule has 0 aliphatic carbocycles. The molecule has 2 rings (SSSR count). The molecule has 0 amide bonds. The summed E-state index contributed by atoms with van der Waals surface area (Å²) in [6.07, 6.45) is 4.23. The molecule has 0 spiro atoms. The van der Waals surface area contributed by atoms with E-state index in [-0.39, 0.29) is 11.5 Å². The van der Waals surface area contributed by atoms with E-state index in [4.69, 9.17) is 4.74 Å². The number of piperidine rings is 1. The molecule has 0 saturated carbocycles. The lowest BCUT2D eigenvalue weighted by atomic mass is 9.81. The van der Waals surface area contributed by atoms with Crippen LogP contribution in [-0.4, -0.2) is 62.0 Å². The van der Waals surface area contributed by atoms with Gasteiger partial charge in [0.25, 0.3) is 0 Å². The van der Waals surface area contributed by atoms with E-state index in [2.05, 4.69) is 17.1 Å². The molecule has 4 heteroatoms. The quantitative estimate of drug-likeness (QED) is 0.765. The van der Waals surface area contributed by atoms with Crippen molar-refractivity contribution in [3.8, 4) is 0 Å². The lowest BCUT2D eigenvalue weighted by molar-refractivity contribution is -0.0347. The first-order chi connectivity index (χ1) is 8.74. The fourth-order valence-electron chi connectivity index (χ4n) is 3.17. The summed E-state index contributed by atoms with van der Waals surface area (Å²) in [5.74, 6) is 0. The number of nitrogens with zero attached hydrogens (tertiary/aromatic N) is 1. The Labute approximate surface area is 111 Å². The number of aliphatic hydroxyl groups excluding tert-OH is 1. The number of ether oxygens (including phenoxy) is 1. The summed E-state index contributed by atoms with van der Waals surface area (Å²) in [7, 11) is 0. The minimum absolute atomic E-state index is 0.0754. The lowest BCUT2D eigenvalue weighted by Crippen LogP contribution is -2.51. The van der Waals surface area contributed by atoms with Crippen LogP contribution in [0.2, 0.25) is 0 Å². The normalized spacial score (nSPS) is 31.7. The highest BCUT2D eigenvalue weighted by atomic mass is 16.5. The largest absolute Gasteiger partial charge is 0.393 e. The van der Waals surface area contributed by atoms with Crippen LogP contribution in [0.1, 0.15) is 32.6 Å². The van der Waals surface area contributed by atoms with Gasteiger partial charge in [-0.15, -0.1) is 0 Å². The Morgan fingerprint density at radius 3 is 2.78 bits per heavy atom. The molecule has 2 saturated heterocycles. The molecule has 1 unspecified atom stereocenters. The van der Waals surface area contributed by atoms with E-state index in [0.717, 1.165) is 58.8 Å². The molecule has 0 aromatic carbocycles. The van der Waals surface area contributed by atoms with Crippen molar-refractivity contribution >= 4 is 0 Å². The van der Waals surface area contributed by atoms with Crippen molar-refractivity contribution in [2.24, 2.45) is 5.41 Å². The van der Waals surface area contributed by atoms with Crippen LogP contribution in [0.4, 0.5) is 0 Å². The minimum Gasteiger partial charge on any atom is -0.393 e. The third-order valence-corrected chi connectivity index (χ3v) is 4.27. The fraction of sp³-hybridized carbons (Fsp3) is 1.00. The van der Waals surface area contributed by atoms with E-state index >= 15 is 0 Å². The van der Waals surface area contributed by atoms with Crippen LogP contribution in [-0.2, 0) is 4.74 Å². The minimum atomic E-state index is -0.0754. The molecule has 2 fully saturated rings. The highest BCUT2D eigenvalue weighted by Gasteiger charge is 2.35. The van der Waals surface area contributed by atoms with Gasteiger partial charge in [-0.3, -0.25) is 0 Å². The first kappa shape index (κ1) is 14.3.